The molecule has 0 radical (unpaired) electrons. The fourth-order valence-electron chi connectivity index (χ4n) is 1.86. The number of nitrogens with zero attached hydrogens (tertiary/aromatic N) is 1. The summed E-state index contributed by atoms with van der Waals surface area (Å²) < 4.78 is 5.20. The van der Waals surface area contributed by atoms with E-state index in [0.29, 0.717) is 28.4 Å². The van der Waals surface area contributed by atoms with E-state index < -0.39 is 0 Å². The van der Waals surface area contributed by atoms with Gasteiger partial charge in [0.2, 0.25) is 5.91 Å². The molecule has 21 heavy (non-hydrogen) atoms. The average molecular weight is 288 g/mol. The molecule has 7 heteroatoms. The van der Waals surface area contributed by atoms with Crippen molar-refractivity contribution in [3.63, 3.8) is 0 Å². The van der Waals surface area contributed by atoms with Crippen molar-refractivity contribution in [2.45, 2.75) is 13.8 Å². The van der Waals surface area contributed by atoms with Crippen LogP contribution in [0, 0.1) is 6.92 Å². The van der Waals surface area contributed by atoms with Crippen LogP contribution in [-0.2, 0) is 4.79 Å². The Bertz CT molecular complexity index is 679. The summed E-state index contributed by atoms with van der Waals surface area (Å²) in [6.45, 7) is 3.17. The van der Waals surface area contributed by atoms with E-state index in [-0.39, 0.29) is 11.8 Å². The first-order chi connectivity index (χ1) is 10.0. The van der Waals surface area contributed by atoms with E-state index in [0.717, 1.165) is 0 Å². The van der Waals surface area contributed by atoms with Crippen molar-refractivity contribution in [3.8, 4) is 5.75 Å². The number of carbonyl (C=O) groups excluding carboxylic acids is 2. The molecule has 0 aliphatic rings. The third kappa shape index (κ3) is 3.38. The van der Waals surface area contributed by atoms with Crippen LogP contribution in [0.25, 0.3) is 0 Å². The fourth-order valence-corrected chi connectivity index (χ4v) is 1.86. The lowest BCUT2D eigenvalue weighted by molar-refractivity contribution is -0.114. The minimum Gasteiger partial charge on any atom is -0.495 e. The molecular formula is C14H16N4O3. The predicted octanol–water partition coefficient (Wildman–Crippen LogP) is 1.94. The van der Waals surface area contributed by atoms with Crippen LogP contribution in [0.4, 0.5) is 11.4 Å². The molecule has 2 aromatic rings. The number of ether oxygens (including phenoxy) is 1. The second-order valence-electron chi connectivity index (χ2n) is 4.46. The number of H-pyrrole nitrogens is 1. The van der Waals surface area contributed by atoms with E-state index in [4.69, 9.17) is 4.74 Å². The van der Waals surface area contributed by atoms with Crippen molar-refractivity contribution >= 4 is 23.2 Å². The Morgan fingerprint density at radius 2 is 2.05 bits per heavy atom. The molecule has 7 nitrogen and oxygen atoms in total. The van der Waals surface area contributed by atoms with E-state index in [1.165, 1.54) is 20.2 Å². The number of hydrogen-bond donors (Lipinski definition) is 3. The van der Waals surface area contributed by atoms with Crippen molar-refractivity contribution < 1.29 is 14.3 Å². The zero-order valence-electron chi connectivity index (χ0n) is 12.0. The standard InChI is InChI=1S/C14H16N4O3/c1-8-11(7-15-18-8)14(20)17-12-6-10(16-9(2)19)4-5-13(12)21-3/h4-7H,1-3H3,(H,15,18)(H,16,19)(H,17,20). The van der Waals surface area contributed by atoms with Crippen molar-refractivity contribution in [3.05, 3.63) is 35.7 Å². The second-order valence-corrected chi connectivity index (χ2v) is 4.46. The Kier molecular flexibility index (Phi) is 4.22. The van der Waals surface area contributed by atoms with E-state index in [1.54, 1.807) is 25.1 Å². The summed E-state index contributed by atoms with van der Waals surface area (Å²) in [6, 6.07) is 5.00. The number of rotatable bonds is 4. The largest absolute Gasteiger partial charge is 0.495 e. The van der Waals surface area contributed by atoms with Crippen LogP contribution in [0.15, 0.2) is 24.4 Å². The highest BCUT2D eigenvalue weighted by Gasteiger charge is 2.14. The van der Waals surface area contributed by atoms with Crippen LogP contribution in [0.2, 0.25) is 0 Å². The Labute approximate surface area is 121 Å². The van der Waals surface area contributed by atoms with Gasteiger partial charge in [0, 0.05) is 18.3 Å². The molecule has 1 aromatic carbocycles. The lowest BCUT2D eigenvalue weighted by Crippen LogP contribution is -2.14. The van der Waals surface area contributed by atoms with Gasteiger partial charge in [0.1, 0.15) is 5.75 Å². The highest BCUT2D eigenvalue weighted by atomic mass is 16.5. The molecule has 1 heterocycles. The summed E-state index contributed by atoms with van der Waals surface area (Å²) in [5.41, 5.74) is 2.16. The number of anilines is 2. The van der Waals surface area contributed by atoms with Gasteiger partial charge >= 0.3 is 0 Å². The minimum absolute atomic E-state index is 0.192. The minimum atomic E-state index is -0.306. The lowest BCUT2D eigenvalue weighted by atomic mass is 10.2. The number of aryl methyl sites for hydroxylation is 1. The van der Waals surface area contributed by atoms with Gasteiger partial charge in [0.25, 0.3) is 5.91 Å². The lowest BCUT2D eigenvalue weighted by Gasteiger charge is -2.12. The van der Waals surface area contributed by atoms with Gasteiger partial charge in [-0.15, -0.1) is 0 Å². The molecule has 0 saturated heterocycles. The molecule has 0 bridgehead atoms. The molecule has 0 fully saturated rings. The number of hydrogen-bond acceptors (Lipinski definition) is 4. The van der Waals surface area contributed by atoms with Crippen molar-refractivity contribution in [1.29, 1.82) is 0 Å². The third-order valence-corrected chi connectivity index (χ3v) is 2.84. The maximum absolute atomic E-state index is 12.2. The summed E-state index contributed by atoms with van der Waals surface area (Å²) in [6.07, 6.45) is 1.45. The number of carbonyl (C=O) groups is 2. The number of amides is 2. The Morgan fingerprint density at radius 3 is 2.62 bits per heavy atom. The van der Waals surface area contributed by atoms with Crippen LogP contribution in [-0.4, -0.2) is 29.1 Å². The number of aromatic amines is 1. The fraction of sp³-hybridized carbons (Fsp3) is 0.214. The monoisotopic (exact) mass is 288 g/mol. The summed E-state index contributed by atoms with van der Waals surface area (Å²) in [7, 11) is 1.51. The maximum atomic E-state index is 12.2. The molecule has 0 unspecified atom stereocenters. The Hall–Kier alpha value is -2.83. The van der Waals surface area contributed by atoms with Gasteiger partial charge in [0.15, 0.2) is 0 Å². The third-order valence-electron chi connectivity index (χ3n) is 2.84. The van der Waals surface area contributed by atoms with E-state index in [9.17, 15) is 9.59 Å². The predicted molar refractivity (Wildman–Crippen MR) is 78.6 cm³/mol. The second kappa shape index (κ2) is 6.08. The molecule has 0 aliphatic carbocycles. The van der Waals surface area contributed by atoms with Gasteiger partial charge < -0.3 is 15.4 Å². The van der Waals surface area contributed by atoms with Gasteiger partial charge in [-0.3, -0.25) is 14.7 Å². The van der Waals surface area contributed by atoms with E-state index >= 15 is 0 Å². The first kappa shape index (κ1) is 14.6. The molecule has 0 aliphatic heterocycles. The maximum Gasteiger partial charge on any atom is 0.259 e. The quantitative estimate of drug-likeness (QED) is 0.801. The normalized spacial score (nSPS) is 10.0. The van der Waals surface area contributed by atoms with Gasteiger partial charge in [0.05, 0.1) is 24.6 Å². The number of methoxy groups -OCH3 is 1. The van der Waals surface area contributed by atoms with Crippen molar-refractivity contribution in [1.82, 2.24) is 10.2 Å². The number of benzene rings is 1. The zero-order chi connectivity index (χ0) is 15.4. The first-order valence-electron chi connectivity index (χ1n) is 6.28. The van der Waals surface area contributed by atoms with Crippen molar-refractivity contribution in [2.24, 2.45) is 0 Å². The van der Waals surface area contributed by atoms with Crippen molar-refractivity contribution in [2.75, 3.05) is 17.7 Å². The van der Waals surface area contributed by atoms with Gasteiger partial charge in [-0.25, -0.2) is 0 Å². The highest BCUT2D eigenvalue weighted by Crippen LogP contribution is 2.28. The molecule has 0 saturated carbocycles. The highest BCUT2D eigenvalue weighted by molar-refractivity contribution is 6.06. The summed E-state index contributed by atoms with van der Waals surface area (Å²) >= 11 is 0. The molecule has 3 N–H and O–H groups in total. The van der Waals surface area contributed by atoms with Gasteiger partial charge in [-0.1, -0.05) is 0 Å². The molecule has 0 atom stereocenters. The molecule has 2 rings (SSSR count). The number of nitrogens with one attached hydrogen (secondary N) is 3. The smallest absolute Gasteiger partial charge is 0.259 e. The molecular weight excluding hydrogens is 272 g/mol. The van der Waals surface area contributed by atoms with Crippen LogP contribution >= 0.6 is 0 Å². The molecule has 2 amide bonds. The van der Waals surface area contributed by atoms with Gasteiger partial charge in [-0.2, -0.15) is 5.10 Å². The summed E-state index contributed by atoms with van der Waals surface area (Å²) in [5.74, 6) is 0.00115. The molecule has 0 spiro atoms. The van der Waals surface area contributed by atoms with Crippen LogP contribution in [0.5, 0.6) is 5.75 Å². The Morgan fingerprint density at radius 1 is 1.29 bits per heavy atom. The summed E-state index contributed by atoms with van der Waals surface area (Å²) in [4.78, 5) is 23.3. The van der Waals surface area contributed by atoms with Crippen LogP contribution < -0.4 is 15.4 Å². The average Bonchev–Trinajstić information content (AvgIpc) is 2.84. The summed E-state index contributed by atoms with van der Waals surface area (Å²) in [5, 5.41) is 11.9. The van der Waals surface area contributed by atoms with Gasteiger partial charge in [-0.05, 0) is 25.1 Å². The van der Waals surface area contributed by atoms with E-state index in [2.05, 4.69) is 20.8 Å². The SMILES string of the molecule is COc1ccc(NC(C)=O)cc1NC(=O)c1cn[nH]c1C. The zero-order valence-corrected chi connectivity index (χ0v) is 12.0. The first-order valence-corrected chi connectivity index (χ1v) is 6.28. The van der Waals surface area contributed by atoms with Crippen LogP contribution in [0.1, 0.15) is 23.0 Å². The topological polar surface area (TPSA) is 96.1 Å². The number of aromatic nitrogens is 2. The Balaban J connectivity index is 2.27. The molecule has 1 aromatic heterocycles. The molecule has 110 valence electrons. The van der Waals surface area contributed by atoms with E-state index in [1.807, 2.05) is 0 Å². The van der Waals surface area contributed by atoms with Crippen LogP contribution in [0.3, 0.4) is 0 Å².